The molecule has 2 aliphatic heterocycles. The van der Waals surface area contributed by atoms with Gasteiger partial charge in [0.1, 0.15) is 0 Å². The quantitative estimate of drug-likeness (QED) is 0.305. The smallest absolute Gasteiger partial charge is 0.197 e. The van der Waals surface area contributed by atoms with Gasteiger partial charge in [-0.3, -0.25) is 4.90 Å². The molecule has 1 saturated heterocycles. The van der Waals surface area contributed by atoms with E-state index in [0.717, 1.165) is 6.42 Å². The van der Waals surface area contributed by atoms with Crippen LogP contribution in [0.5, 0.6) is 0 Å². The minimum Gasteiger partial charge on any atom is -0.291 e. The first-order valence-corrected chi connectivity index (χ1v) is 7.28. The van der Waals surface area contributed by atoms with Crippen LogP contribution < -0.4 is 0 Å². The molecule has 0 unspecified atom stereocenters. The molecule has 5 heteroatoms. The standard InChI is InChI=1S/C16H13F4N/c1-21-15-7-5-2-3-6(4-5)8(7)16(21)10-9(15)11(17)13(19)14(20)12(10)18/h2-3,5-8,15-16H,4H2,1H3/t5-,6+,7-,8+,15-,16+. The third kappa shape index (κ3) is 1.13. The number of halogens is 4. The number of allylic oxidation sites excluding steroid dienone is 2. The zero-order valence-corrected chi connectivity index (χ0v) is 11.3. The molecule has 110 valence electrons. The lowest BCUT2D eigenvalue weighted by Crippen LogP contribution is -2.27. The van der Waals surface area contributed by atoms with Crippen LogP contribution >= 0.6 is 0 Å². The van der Waals surface area contributed by atoms with Crippen LogP contribution in [-0.2, 0) is 0 Å². The molecule has 2 heterocycles. The third-order valence-electron chi connectivity index (χ3n) is 6.12. The highest BCUT2D eigenvalue weighted by atomic mass is 19.2. The Labute approximate surface area is 119 Å². The van der Waals surface area contributed by atoms with Crippen molar-refractivity contribution < 1.29 is 17.6 Å². The summed E-state index contributed by atoms with van der Waals surface area (Å²) in [5.41, 5.74) is 0.113. The lowest BCUT2D eigenvalue weighted by Gasteiger charge is -2.32. The van der Waals surface area contributed by atoms with Crippen LogP contribution in [0.2, 0.25) is 0 Å². The van der Waals surface area contributed by atoms with Crippen molar-refractivity contribution in [1.29, 1.82) is 0 Å². The van der Waals surface area contributed by atoms with Crippen molar-refractivity contribution in [3.63, 3.8) is 0 Å². The second-order valence-corrected chi connectivity index (χ2v) is 6.74. The molecule has 2 fully saturated rings. The average molecular weight is 295 g/mol. The zero-order valence-electron chi connectivity index (χ0n) is 11.3. The van der Waals surface area contributed by atoms with Crippen molar-refractivity contribution in [1.82, 2.24) is 4.90 Å². The predicted molar refractivity (Wildman–Crippen MR) is 67.2 cm³/mol. The number of nitrogens with zero attached hydrogens (tertiary/aromatic N) is 1. The normalized spacial score (nSPS) is 42.0. The van der Waals surface area contributed by atoms with Crippen molar-refractivity contribution in [2.24, 2.45) is 23.7 Å². The Bertz CT molecular complexity index is 656. The van der Waals surface area contributed by atoms with Gasteiger partial charge in [0.15, 0.2) is 23.3 Å². The van der Waals surface area contributed by atoms with Gasteiger partial charge in [-0.15, -0.1) is 0 Å². The van der Waals surface area contributed by atoms with E-state index in [4.69, 9.17) is 0 Å². The van der Waals surface area contributed by atoms with Crippen LogP contribution in [0.3, 0.4) is 0 Å². The highest BCUT2D eigenvalue weighted by Crippen LogP contribution is 2.69. The Kier molecular flexibility index (Phi) is 2.04. The SMILES string of the molecule is CN1[C@@H]2c3c(F)c(F)c(F)c(F)c3[C@H]1[C@H]1[C@@H]2[C@H]2C=C[C@@H]1C2. The van der Waals surface area contributed by atoms with Gasteiger partial charge in [-0.2, -0.15) is 0 Å². The van der Waals surface area contributed by atoms with E-state index < -0.39 is 23.3 Å². The Morgan fingerprint density at radius 2 is 1.24 bits per heavy atom. The summed E-state index contributed by atoms with van der Waals surface area (Å²) < 4.78 is 55.7. The number of rotatable bonds is 0. The highest BCUT2D eigenvalue weighted by molar-refractivity contribution is 5.47. The number of fused-ring (bicyclic) bond motifs is 12. The summed E-state index contributed by atoms with van der Waals surface area (Å²) in [5.74, 6) is -4.67. The molecule has 1 aromatic rings. The van der Waals surface area contributed by atoms with Crippen LogP contribution in [0.15, 0.2) is 12.2 Å². The predicted octanol–water partition coefficient (Wildman–Crippen LogP) is 3.72. The molecule has 21 heavy (non-hydrogen) atoms. The van der Waals surface area contributed by atoms with Gasteiger partial charge >= 0.3 is 0 Å². The molecule has 6 atom stereocenters. The van der Waals surface area contributed by atoms with Gasteiger partial charge in [0.2, 0.25) is 0 Å². The minimum absolute atomic E-state index is 0.0566. The summed E-state index contributed by atoms with van der Waals surface area (Å²) >= 11 is 0. The van der Waals surface area contributed by atoms with Crippen molar-refractivity contribution >= 4 is 0 Å². The van der Waals surface area contributed by atoms with Crippen LogP contribution in [0.25, 0.3) is 0 Å². The van der Waals surface area contributed by atoms with E-state index in [-0.39, 0.29) is 35.0 Å². The molecule has 0 N–H and O–H groups in total. The number of hydrogen-bond acceptors (Lipinski definition) is 1. The first-order valence-electron chi connectivity index (χ1n) is 7.28. The molecular weight excluding hydrogens is 282 g/mol. The Morgan fingerprint density at radius 3 is 1.67 bits per heavy atom. The van der Waals surface area contributed by atoms with E-state index in [1.54, 1.807) is 0 Å². The van der Waals surface area contributed by atoms with E-state index in [1.807, 2.05) is 11.9 Å². The first-order chi connectivity index (χ1) is 10.0. The van der Waals surface area contributed by atoms with E-state index in [9.17, 15) is 17.6 Å². The van der Waals surface area contributed by atoms with Crippen molar-refractivity contribution in [2.45, 2.75) is 18.5 Å². The van der Waals surface area contributed by atoms with Crippen LogP contribution in [-0.4, -0.2) is 11.9 Å². The summed E-state index contributed by atoms with van der Waals surface area (Å²) in [6.45, 7) is 0. The fraction of sp³-hybridized carbons (Fsp3) is 0.500. The zero-order chi connectivity index (χ0) is 14.6. The van der Waals surface area contributed by atoms with Crippen molar-refractivity contribution in [3.05, 3.63) is 46.5 Å². The topological polar surface area (TPSA) is 3.24 Å². The van der Waals surface area contributed by atoms with E-state index in [1.165, 1.54) is 0 Å². The molecule has 0 radical (unpaired) electrons. The molecule has 0 amide bonds. The fourth-order valence-electron chi connectivity index (χ4n) is 5.54. The largest absolute Gasteiger partial charge is 0.291 e. The summed E-state index contributed by atoms with van der Waals surface area (Å²) in [7, 11) is 1.81. The van der Waals surface area contributed by atoms with E-state index in [2.05, 4.69) is 12.2 Å². The van der Waals surface area contributed by atoms with E-state index >= 15 is 0 Å². The number of hydrogen-bond donors (Lipinski definition) is 0. The van der Waals surface area contributed by atoms with E-state index in [0.29, 0.717) is 11.8 Å². The summed E-state index contributed by atoms with van der Waals surface area (Å²) in [4.78, 5) is 1.91. The van der Waals surface area contributed by atoms with Gasteiger partial charge < -0.3 is 0 Å². The molecule has 4 aliphatic rings. The molecule has 5 rings (SSSR count). The van der Waals surface area contributed by atoms with Crippen LogP contribution in [0, 0.1) is 46.9 Å². The lowest BCUT2D eigenvalue weighted by atomic mass is 9.70. The molecule has 0 aromatic heterocycles. The Hall–Kier alpha value is -1.36. The molecule has 2 aliphatic carbocycles. The second-order valence-electron chi connectivity index (χ2n) is 6.74. The van der Waals surface area contributed by atoms with Crippen LogP contribution in [0.1, 0.15) is 29.6 Å². The molecule has 0 spiro atoms. The number of benzene rings is 1. The monoisotopic (exact) mass is 295 g/mol. The molecule has 1 aromatic carbocycles. The molecular formula is C16H13F4N. The minimum atomic E-state index is -1.68. The summed E-state index contributed by atoms with van der Waals surface area (Å²) in [6, 6.07) is -0.668. The lowest BCUT2D eigenvalue weighted by molar-refractivity contribution is 0.228. The maximum absolute atomic E-state index is 14.2. The van der Waals surface area contributed by atoms with Gasteiger partial charge in [-0.25, -0.2) is 17.6 Å². The van der Waals surface area contributed by atoms with Gasteiger partial charge in [0, 0.05) is 23.2 Å². The third-order valence-corrected chi connectivity index (χ3v) is 6.12. The summed E-state index contributed by atoms with van der Waals surface area (Å²) in [6.07, 6.45) is 5.29. The molecule has 4 bridgehead atoms. The van der Waals surface area contributed by atoms with Gasteiger partial charge in [-0.05, 0) is 37.1 Å². The molecule has 1 nitrogen and oxygen atoms in total. The Morgan fingerprint density at radius 1 is 0.810 bits per heavy atom. The van der Waals surface area contributed by atoms with Crippen molar-refractivity contribution in [3.8, 4) is 0 Å². The highest BCUT2D eigenvalue weighted by Gasteiger charge is 2.64. The van der Waals surface area contributed by atoms with Gasteiger partial charge in [-0.1, -0.05) is 12.2 Å². The second kappa shape index (κ2) is 3.51. The maximum Gasteiger partial charge on any atom is 0.197 e. The fourth-order valence-corrected chi connectivity index (χ4v) is 5.54. The van der Waals surface area contributed by atoms with Crippen molar-refractivity contribution in [2.75, 3.05) is 7.05 Å². The molecule has 1 saturated carbocycles. The Balaban J connectivity index is 1.80. The first kappa shape index (κ1) is 12.2. The average Bonchev–Trinajstić information content (AvgIpc) is 3.20. The van der Waals surface area contributed by atoms with Gasteiger partial charge in [0.05, 0.1) is 0 Å². The van der Waals surface area contributed by atoms with Crippen LogP contribution in [0.4, 0.5) is 17.6 Å². The summed E-state index contributed by atoms with van der Waals surface area (Å²) in [5, 5.41) is 0. The van der Waals surface area contributed by atoms with Gasteiger partial charge in [0.25, 0.3) is 0 Å². The maximum atomic E-state index is 14.2.